The number of carbonyl (C=O) groups excluding carboxylic acids is 1. The molecule has 1 aromatic rings. The third-order valence-corrected chi connectivity index (χ3v) is 5.26. The summed E-state index contributed by atoms with van der Waals surface area (Å²) in [6, 6.07) is 10.2. The molecule has 21 heavy (non-hydrogen) atoms. The van der Waals surface area contributed by atoms with Crippen LogP contribution in [-0.4, -0.2) is 25.2 Å². The molecule has 0 spiro atoms. The Labute approximate surface area is 127 Å². The summed E-state index contributed by atoms with van der Waals surface area (Å²) in [5, 5.41) is 3.26. The predicted molar refractivity (Wildman–Crippen MR) is 83.1 cm³/mol. The first-order valence-electron chi connectivity index (χ1n) is 8.18. The molecule has 0 radical (unpaired) electrons. The summed E-state index contributed by atoms with van der Waals surface area (Å²) in [5.41, 5.74) is 0.605. The highest BCUT2D eigenvalue weighted by atomic mass is 16.5. The van der Waals surface area contributed by atoms with Crippen LogP contribution in [0.25, 0.3) is 0 Å². The third kappa shape index (κ3) is 2.84. The molecule has 2 aliphatic rings. The highest BCUT2D eigenvalue weighted by molar-refractivity contribution is 5.83. The number of esters is 1. The number of carbonyl (C=O) groups is 1. The van der Waals surface area contributed by atoms with Gasteiger partial charge in [-0.2, -0.15) is 0 Å². The molecular formula is C18H25NO2. The van der Waals surface area contributed by atoms with E-state index in [1.807, 2.05) is 18.2 Å². The van der Waals surface area contributed by atoms with Crippen LogP contribution in [0, 0.1) is 5.92 Å². The molecule has 2 unspecified atom stereocenters. The van der Waals surface area contributed by atoms with Crippen LogP contribution in [-0.2, 0) is 14.9 Å². The van der Waals surface area contributed by atoms with Gasteiger partial charge in [-0.05, 0) is 44.2 Å². The van der Waals surface area contributed by atoms with Gasteiger partial charge in [-0.25, -0.2) is 0 Å². The van der Waals surface area contributed by atoms with E-state index in [0.717, 1.165) is 37.9 Å². The SMILES string of the molecule is CC(C(=O)OC1CCNC1)(c1ccccc1)C1CCCC1. The van der Waals surface area contributed by atoms with E-state index in [-0.39, 0.29) is 12.1 Å². The summed E-state index contributed by atoms with van der Waals surface area (Å²) in [7, 11) is 0. The summed E-state index contributed by atoms with van der Waals surface area (Å²) >= 11 is 0. The van der Waals surface area contributed by atoms with Gasteiger partial charge in [0.25, 0.3) is 0 Å². The highest BCUT2D eigenvalue weighted by Crippen LogP contribution is 2.43. The fourth-order valence-electron chi connectivity index (χ4n) is 3.81. The highest BCUT2D eigenvalue weighted by Gasteiger charge is 2.45. The van der Waals surface area contributed by atoms with E-state index in [9.17, 15) is 4.79 Å². The third-order valence-electron chi connectivity index (χ3n) is 5.26. The molecule has 1 heterocycles. The molecule has 1 N–H and O–H groups in total. The quantitative estimate of drug-likeness (QED) is 0.865. The first kappa shape index (κ1) is 14.6. The van der Waals surface area contributed by atoms with Gasteiger partial charge in [0.05, 0.1) is 5.41 Å². The average Bonchev–Trinajstić information content (AvgIpc) is 3.20. The molecule has 3 nitrogen and oxygen atoms in total. The van der Waals surface area contributed by atoms with Crippen LogP contribution in [0.2, 0.25) is 0 Å². The Bertz CT molecular complexity index is 475. The summed E-state index contributed by atoms with van der Waals surface area (Å²) in [4.78, 5) is 13.0. The number of rotatable bonds is 4. The Hall–Kier alpha value is -1.35. The molecule has 0 amide bonds. The molecule has 3 rings (SSSR count). The van der Waals surface area contributed by atoms with Crippen molar-refractivity contribution >= 4 is 5.97 Å². The minimum atomic E-state index is -0.500. The molecule has 0 bridgehead atoms. The Morgan fingerprint density at radius 3 is 2.52 bits per heavy atom. The lowest BCUT2D eigenvalue weighted by Crippen LogP contribution is -2.42. The van der Waals surface area contributed by atoms with E-state index in [2.05, 4.69) is 24.4 Å². The van der Waals surface area contributed by atoms with Crippen molar-refractivity contribution in [2.75, 3.05) is 13.1 Å². The smallest absolute Gasteiger partial charge is 0.316 e. The van der Waals surface area contributed by atoms with Crippen molar-refractivity contribution in [3.63, 3.8) is 0 Å². The average molecular weight is 287 g/mol. The van der Waals surface area contributed by atoms with E-state index >= 15 is 0 Å². The number of ether oxygens (including phenoxy) is 1. The monoisotopic (exact) mass is 287 g/mol. The van der Waals surface area contributed by atoms with E-state index in [0.29, 0.717) is 5.92 Å². The van der Waals surface area contributed by atoms with Crippen molar-refractivity contribution in [2.45, 2.75) is 50.5 Å². The zero-order chi connectivity index (χ0) is 14.7. The molecule has 1 aliphatic heterocycles. The molecule has 2 fully saturated rings. The Morgan fingerprint density at radius 2 is 1.90 bits per heavy atom. The van der Waals surface area contributed by atoms with Crippen LogP contribution in [0.3, 0.4) is 0 Å². The molecular weight excluding hydrogens is 262 g/mol. The van der Waals surface area contributed by atoms with Crippen molar-refractivity contribution in [2.24, 2.45) is 5.92 Å². The Morgan fingerprint density at radius 1 is 1.19 bits per heavy atom. The second-order valence-electron chi connectivity index (χ2n) is 6.57. The van der Waals surface area contributed by atoms with Gasteiger partial charge in [0, 0.05) is 6.54 Å². The minimum absolute atomic E-state index is 0.0331. The van der Waals surface area contributed by atoms with Crippen LogP contribution in [0.5, 0.6) is 0 Å². The maximum Gasteiger partial charge on any atom is 0.316 e. The van der Waals surface area contributed by atoms with Crippen LogP contribution in [0.15, 0.2) is 30.3 Å². The largest absolute Gasteiger partial charge is 0.460 e. The van der Waals surface area contributed by atoms with Gasteiger partial charge in [0.1, 0.15) is 6.10 Å². The Kier molecular flexibility index (Phi) is 4.29. The molecule has 0 aromatic heterocycles. The second kappa shape index (κ2) is 6.18. The Balaban J connectivity index is 1.86. The number of hydrogen-bond donors (Lipinski definition) is 1. The number of hydrogen-bond acceptors (Lipinski definition) is 3. The van der Waals surface area contributed by atoms with Gasteiger partial charge >= 0.3 is 5.97 Å². The van der Waals surface area contributed by atoms with Gasteiger partial charge < -0.3 is 10.1 Å². The van der Waals surface area contributed by atoms with Gasteiger partial charge in [-0.3, -0.25) is 4.79 Å². The van der Waals surface area contributed by atoms with Crippen molar-refractivity contribution < 1.29 is 9.53 Å². The van der Waals surface area contributed by atoms with Crippen LogP contribution in [0.1, 0.15) is 44.6 Å². The van der Waals surface area contributed by atoms with Crippen molar-refractivity contribution in [3.8, 4) is 0 Å². The molecule has 2 atom stereocenters. The van der Waals surface area contributed by atoms with E-state index in [1.165, 1.54) is 12.8 Å². The molecule has 1 saturated carbocycles. The number of nitrogens with one attached hydrogen (secondary N) is 1. The lowest BCUT2D eigenvalue weighted by Gasteiger charge is -2.34. The van der Waals surface area contributed by atoms with Crippen LogP contribution >= 0.6 is 0 Å². The molecule has 1 aromatic carbocycles. The first-order valence-corrected chi connectivity index (χ1v) is 8.18. The summed E-state index contributed by atoms with van der Waals surface area (Å²) in [6.07, 6.45) is 5.69. The predicted octanol–water partition coefficient (Wildman–Crippen LogP) is 3.04. The number of benzene rings is 1. The van der Waals surface area contributed by atoms with Crippen molar-refractivity contribution in [1.29, 1.82) is 0 Å². The fraction of sp³-hybridized carbons (Fsp3) is 0.611. The van der Waals surface area contributed by atoms with Gasteiger partial charge in [-0.1, -0.05) is 43.2 Å². The van der Waals surface area contributed by atoms with E-state index < -0.39 is 5.41 Å². The van der Waals surface area contributed by atoms with E-state index in [1.54, 1.807) is 0 Å². The van der Waals surface area contributed by atoms with Gasteiger partial charge in [0.15, 0.2) is 0 Å². The lowest BCUT2D eigenvalue weighted by atomic mass is 9.71. The van der Waals surface area contributed by atoms with Crippen LogP contribution in [0.4, 0.5) is 0 Å². The summed E-state index contributed by atoms with van der Waals surface area (Å²) in [5.74, 6) is 0.371. The van der Waals surface area contributed by atoms with E-state index in [4.69, 9.17) is 4.74 Å². The zero-order valence-corrected chi connectivity index (χ0v) is 12.8. The maximum atomic E-state index is 13.0. The fourth-order valence-corrected chi connectivity index (χ4v) is 3.81. The normalized spacial score (nSPS) is 25.7. The van der Waals surface area contributed by atoms with Crippen LogP contribution < -0.4 is 5.32 Å². The van der Waals surface area contributed by atoms with Crippen molar-refractivity contribution in [3.05, 3.63) is 35.9 Å². The molecule has 1 saturated heterocycles. The van der Waals surface area contributed by atoms with Gasteiger partial charge in [0.2, 0.25) is 0 Å². The minimum Gasteiger partial charge on any atom is -0.460 e. The summed E-state index contributed by atoms with van der Waals surface area (Å²) in [6.45, 7) is 3.83. The maximum absolute atomic E-state index is 13.0. The molecule has 114 valence electrons. The first-order chi connectivity index (χ1) is 10.2. The summed E-state index contributed by atoms with van der Waals surface area (Å²) < 4.78 is 5.84. The van der Waals surface area contributed by atoms with Gasteiger partial charge in [-0.15, -0.1) is 0 Å². The zero-order valence-electron chi connectivity index (χ0n) is 12.8. The topological polar surface area (TPSA) is 38.3 Å². The lowest BCUT2D eigenvalue weighted by molar-refractivity contribution is -0.157. The molecule has 1 aliphatic carbocycles. The molecule has 3 heteroatoms. The second-order valence-corrected chi connectivity index (χ2v) is 6.57. The standard InChI is InChI=1S/C18H25NO2/c1-18(15-9-5-6-10-15,14-7-3-2-4-8-14)17(20)21-16-11-12-19-13-16/h2-4,7-8,15-16,19H,5-6,9-13H2,1H3. The van der Waals surface area contributed by atoms with Crippen molar-refractivity contribution in [1.82, 2.24) is 5.32 Å².